The standard InChI is InChI=1S/C24H23BrN2O3/c1-17-3-5-20(6-4-17)16-29-22-11-7-19(8-12-22)15-26-27-24(28)18(2)30-23-13-9-21(25)10-14-23/h3-15,18H,16H2,1-2H3,(H,27,28)/b26-15-/t18-/m0/s1. The van der Waals surface area contributed by atoms with Crippen LogP contribution in [0.5, 0.6) is 11.5 Å². The third-order valence-corrected chi connectivity index (χ3v) is 4.82. The van der Waals surface area contributed by atoms with Crippen LogP contribution in [0, 0.1) is 6.92 Å². The van der Waals surface area contributed by atoms with Crippen LogP contribution in [0.15, 0.2) is 82.4 Å². The maximum Gasteiger partial charge on any atom is 0.280 e. The highest BCUT2D eigenvalue weighted by Crippen LogP contribution is 2.17. The Kier molecular flexibility index (Phi) is 7.63. The van der Waals surface area contributed by atoms with Gasteiger partial charge in [-0.05, 0) is 73.5 Å². The molecule has 5 nitrogen and oxygen atoms in total. The Labute approximate surface area is 184 Å². The number of aryl methyl sites for hydroxylation is 1. The number of rotatable bonds is 8. The summed E-state index contributed by atoms with van der Waals surface area (Å²) in [4.78, 5) is 12.1. The molecule has 0 unspecified atom stereocenters. The summed E-state index contributed by atoms with van der Waals surface area (Å²) in [6, 6.07) is 23.0. The van der Waals surface area contributed by atoms with E-state index >= 15 is 0 Å². The zero-order chi connectivity index (χ0) is 21.3. The molecule has 3 aromatic rings. The van der Waals surface area contributed by atoms with Crippen molar-refractivity contribution in [3.63, 3.8) is 0 Å². The van der Waals surface area contributed by atoms with E-state index in [1.807, 2.05) is 36.4 Å². The van der Waals surface area contributed by atoms with Crippen LogP contribution >= 0.6 is 15.9 Å². The monoisotopic (exact) mass is 466 g/mol. The Hall–Kier alpha value is -3.12. The fourth-order valence-electron chi connectivity index (χ4n) is 2.53. The van der Waals surface area contributed by atoms with Gasteiger partial charge in [-0.3, -0.25) is 4.79 Å². The molecule has 1 N–H and O–H groups in total. The Morgan fingerprint density at radius 1 is 1.00 bits per heavy atom. The van der Waals surface area contributed by atoms with Gasteiger partial charge in [0.05, 0.1) is 6.21 Å². The minimum absolute atomic E-state index is 0.327. The molecule has 1 atom stereocenters. The SMILES string of the molecule is Cc1ccc(COc2ccc(/C=N\NC(=O)[C@H](C)Oc3ccc(Br)cc3)cc2)cc1. The number of hydrogen-bond donors (Lipinski definition) is 1. The summed E-state index contributed by atoms with van der Waals surface area (Å²) in [5, 5.41) is 4.00. The van der Waals surface area contributed by atoms with Crippen LogP contribution in [0.4, 0.5) is 0 Å². The minimum Gasteiger partial charge on any atom is -0.489 e. The van der Waals surface area contributed by atoms with Crippen molar-refractivity contribution in [3.8, 4) is 11.5 Å². The number of hydrogen-bond acceptors (Lipinski definition) is 4. The normalized spacial score (nSPS) is 11.8. The topological polar surface area (TPSA) is 59.9 Å². The van der Waals surface area contributed by atoms with Crippen LogP contribution in [0.2, 0.25) is 0 Å². The van der Waals surface area contributed by atoms with E-state index in [4.69, 9.17) is 9.47 Å². The number of carbonyl (C=O) groups excluding carboxylic acids is 1. The molecule has 3 aromatic carbocycles. The first-order chi connectivity index (χ1) is 14.5. The molecule has 0 aromatic heterocycles. The molecule has 0 saturated heterocycles. The zero-order valence-electron chi connectivity index (χ0n) is 16.8. The van der Waals surface area contributed by atoms with Crippen molar-refractivity contribution in [1.82, 2.24) is 5.43 Å². The number of hydrazone groups is 1. The fourth-order valence-corrected chi connectivity index (χ4v) is 2.80. The molecule has 0 spiro atoms. The molecule has 154 valence electrons. The van der Waals surface area contributed by atoms with Gasteiger partial charge in [-0.2, -0.15) is 5.10 Å². The van der Waals surface area contributed by atoms with Crippen LogP contribution in [-0.4, -0.2) is 18.2 Å². The summed E-state index contributed by atoms with van der Waals surface area (Å²) in [6.07, 6.45) is 0.912. The molecule has 0 aliphatic carbocycles. The van der Waals surface area contributed by atoms with E-state index in [1.54, 1.807) is 25.3 Å². The number of amides is 1. The number of halogens is 1. The molecule has 6 heteroatoms. The van der Waals surface area contributed by atoms with Gasteiger partial charge in [0.25, 0.3) is 5.91 Å². The number of nitrogens with zero attached hydrogens (tertiary/aromatic N) is 1. The summed E-state index contributed by atoms with van der Waals surface area (Å²) in [5.41, 5.74) is 5.68. The molecular weight excluding hydrogens is 444 g/mol. The van der Waals surface area contributed by atoms with Crippen molar-refractivity contribution in [1.29, 1.82) is 0 Å². The van der Waals surface area contributed by atoms with Gasteiger partial charge >= 0.3 is 0 Å². The number of nitrogens with one attached hydrogen (secondary N) is 1. The Morgan fingerprint density at radius 3 is 2.30 bits per heavy atom. The van der Waals surface area contributed by atoms with Crippen LogP contribution in [-0.2, 0) is 11.4 Å². The van der Waals surface area contributed by atoms with Gasteiger partial charge in [-0.15, -0.1) is 0 Å². The Balaban J connectivity index is 1.45. The van der Waals surface area contributed by atoms with Crippen LogP contribution < -0.4 is 14.9 Å². The third kappa shape index (κ3) is 6.74. The molecule has 30 heavy (non-hydrogen) atoms. The van der Waals surface area contributed by atoms with Crippen molar-refractivity contribution in [3.05, 3.63) is 94.0 Å². The average molecular weight is 467 g/mol. The lowest BCUT2D eigenvalue weighted by atomic mass is 10.2. The van der Waals surface area contributed by atoms with Crippen molar-refractivity contribution in [2.75, 3.05) is 0 Å². The summed E-state index contributed by atoms with van der Waals surface area (Å²) in [6.45, 7) is 4.25. The first kappa shape index (κ1) is 21.6. The largest absolute Gasteiger partial charge is 0.489 e. The van der Waals surface area contributed by atoms with Gasteiger partial charge in [-0.25, -0.2) is 5.43 Å². The van der Waals surface area contributed by atoms with Crippen LogP contribution in [0.3, 0.4) is 0 Å². The van der Waals surface area contributed by atoms with E-state index in [9.17, 15) is 4.79 Å². The highest BCUT2D eigenvalue weighted by Gasteiger charge is 2.13. The second-order valence-electron chi connectivity index (χ2n) is 6.79. The molecule has 3 rings (SSSR count). The van der Waals surface area contributed by atoms with E-state index in [0.29, 0.717) is 12.4 Å². The van der Waals surface area contributed by atoms with E-state index in [-0.39, 0.29) is 5.91 Å². The van der Waals surface area contributed by atoms with Crippen molar-refractivity contribution in [2.45, 2.75) is 26.6 Å². The summed E-state index contributed by atoms with van der Waals surface area (Å²) in [5.74, 6) is 1.06. The fraction of sp³-hybridized carbons (Fsp3) is 0.167. The van der Waals surface area contributed by atoms with E-state index < -0.39 is 6.10 Å². The molecule has 1 amide bonds. The molecule has 0 radical (unpaired) electrons. The quantitative estimate of drug-likeness (QED) is 0.364. The third-order valence-electron chi connectivity index (χ3n) is 4.29. The van der Waals surface area contributed by atoms with Gasteiger partial charge in [-0.1, -0.05) is 45.8 Å². The van der Waals surface area contributed by atoms with Gasteiger partial charge in [0.15, 0.2) is 6.10 Å². The lowest BCUT2D eigenvalue weighted by Gasteiger charge is -2.12. The molecule has 0 saturated carbocycles. The predicted molar refractivity (Wildman–Crippen MR) is 122 cm³/mol. The second-order valence-corrected chi connectivity index (χ2v) is 7.71. The van der Waals surface area contributed by atoms with Gasteiger partial charge in [0.2, 0.25) is 0 Å². The molecule has 0 bridgehead atoms. The second kappa shape index (κ2) is 10.6. The van der Waals surface area contributed by atoms with Crippen LogP contribution in [0.1, 0.15) is 23.6 Å². The number of ether oxygens (including phenoxy) is 2. The summed E-state index contributed by atoms with van der Waals surface area (Å²) in [7, 11) is 0. The van der Waals surface area contributed by atoms with Gasteiger partial charge in [0, 0.05) is 4.47 Å². The lowest BCUT2D eigenvalue weighted by Crippen LogP contribution is -2.33. The highest BCUT2D eigenvalue weighted by molar-refractivity contribution is 9.10. The highest BCUT2D eigenvalue weighted by atomic mass is 79.9. The van der Waals surface area contributed by atoms with E-state index in [0.717, 1.165) is 21.3 Å². The summed E-state index contributed by atoms with van der Waals surface area (Å²) < 4.78 is 12.3. The Morgan fingerprint density at radius 2 is 1.63 bits per heavy atom. The zero-order valence-corrected chi connectivity index (χ0v) is 18.4. The number of benzene rings is 3. The molecule has 0 aliphatic rings. The van der Waals surface area contributed by atoms with E-state index in [2.05, 4.69) is 57.6 Å². The minimum atomic E-state index is -0.666. The van der Waals surface area contributed by atoms with Gasteiger partial charge < -0.3 is 9.47 Å². The van der Waals surface area contributed by atoms with Crippen LogP contribution in [0.25, 0.3) is 0 Å². The lowest BCUT2D eigenvalue weighted by molar-refractivity contribution is -0.127. The van der Waals surface area contributed by atoms with Crippen molar-refractivity contribution >= 4 is 28.1 Å². The maximum atomic E-state index is 12.1. The van der Waals surface area contributed by atoms with Crippen molar-refractivity contribution < 1.29 is 14.3 Å². The number of carbonyl (C=O) groups is 1. The predicted octanol–water partition coefficient (Wildman–Crippen LogP) is 5.25. The first-order valence-electron chi connectivity index (χ1n) is 9.53. The average Bonchev–Trinajstić information content (AvgIpc) is 2.76. The first-order valence-corrected chi connectivity index (χ1v) is 10.3. The van der Waals surface area contributed by atoms with Gasteiger partial charge in [0.1, 0.15) is 18.1 Å². The smallest absolute Gasteiger partial charge is 0.280 e. The van der Waals surface area contributed by atoms with E-state index in [1.165, 1.54) is 5.56 Å². The Bertz CT molecular complexity index is 984. The summed E-state index contributed by atoms with van der Waals surface area (Å²) >= 11 is 3.36. The molecular formula is C24H23BrN2O3. The maximum absolute atomic E-state index is 12.1. The molecule has 0 aliphatic heterocycles. The molecule has 0 heterocycles. The molecule has 0 fully saturated rings. The van der Waals surface area contributed by atoms with Crippen molar-refractivity contribution in [2.24, 2.45) is 5.10 Å².